The number of aliphatic hydroxyl groups excluding tert-OH is 2. The largest absolute Gasteiger partial charge is 0.399 e. The summed E-state index contributed by atoms with van der Waals surface area (Å²) in [5.41, 5.74) is 5.20. The van der Waals surface area contributed by atoms with Gasteiger partial charge in [-0.05, 0) is 40.3 Å². The van der Waals surface area contributed by atoms with Crippen molar-refractivity contribution in [3.63, 3.8) is 0 Å². The van der Waals surface area contributed by atoms with Crippen molar-refractivity contribution >= 4 is 22.6 Å². The first-order chi connectivity index (χ1) is 10.7. The summed E-state index contributed by atoms with van der Waals surface area (Å²) in [6, 6.07) is 8.10. The number of rotatable bonds is 1. The molecule has 0 aromatic heterocycles. The van der Waals surface area contributed by atoms with Crippen LogP contribution in [0.25, 0.3) is 16.8 Å². The van der Waals surface area contributed by atoms with E-state index in [4.69, 9.17) is 4.84 Å². The third-order valence-corrected chi connectivity index (χ3v) is 4.61. The Hall–Kier alpha value is -2.17. The summed E-state index contributed by atoms with van der Waals surface area (Å²) in [6.45, 7) is 0. The van der Waals surface area contributed by atoms with Crippen LogP contribution in [0.15, 0.2) is 35.5 Å². The second-order valence-electron chi connectivity index (χ2n) is 5.77. The number of nitrogens with zero attached hydrogens (tertiary/aromatic N) is 1. The van der Waals surface area contributed by atoms with Crippen LogP contribution in [0, 0.1) is 0 Å². The van der Waals surface area contributed by atoms with Gasteiger partial charge in [-0.1, -0.05) is 41.6 Å². The number of hydrogen-bond donors (Lipinski definition) is 2. The molecule has 2 N–H and O–H groups in total. The minimum atomic E-state index is -0.858. The van der Waals surface area contributed by atoms with Gasteiger partial charge in [0.15, 0.2) is 0 Å². The van der Waals surface area contributed by atoms with Gasteiger partial charge in [0.2, 0.25) is 0 Å². The van der Waals surface area contributed by atoms with Gasteiger partial charge in [0.1, 0.15) is 19.3 Å². The molecule has 2 aliphatic rings. The molecule has 4 heteroatoms. The molecule has 0 heterocycles. The summed E-state index contributed by atoms with van der Waals surface area (Å²) in [7, 11) is 1.57. The number of fused-ring (bicyclic) bond motifs is 5. The van der Waals surface area contributed by atoms with E-state index in [0.29, 0.717) is 0 Å². The molecule has 0 unspecified atom stereocenters. The number of oxime groups is 1. The Kier molecular flexibility index (Phi) is 3.03. The summed E-state index contributed by atoms with van der Waals surface area (Å²) in [5.74, 6) is 0. The Morgan fingerprint density at radius 3 is 2.73 bits per heavy atom. The monoisotopic (exact) mass is 295 g/mol. The van der Waals surface area contributed by atoms with Crippen molar-refractivity contribution in [2.45, 2.75) is 25.0 Å². The van der Waals surface area contributed by atoms with Crippen LogP contribution in [0.1, 0.15) is 34.8 Å². The topological polar surface area (TPSA) is 62.0 Å². The van der Waals surface area contributed by atoms with Crippen LogP contribution in [-0.4, -0.2) is 29.1 Å². The summed E-state index contributed by atoms with van der Waals surface area (Å²) in [5, 5.41) is 26.3. The van der Waals surface area contributed by atoms with Gasteiger partial charge in [-0.2, -0.15) is 0 Å². The molecule has 2 atom stereocenters. The van der Waals surface area contributed by atoms with Crippen molar-refractivity contribution < 1.29 is 15.1 Å². The zero-order chi connectivity index (χ0) is 15.3. The standard InChI is InChI=1S/C18H17NO3/c1-22-19-16-8-6-12-10-3-5-15-13(7-9-17(20)18(15)21)11(10)2-4-14(12)16/h2-5,7,9,17-18,20-21H,6,8H2,1H3/b19-16-/t17-,18-/m0/s1. The van der Waals surface area contributed by atoms with Gasteiger partial charge in [-0.3, -0.25) is 0 Å². The molecule has 4 nitrogen and oxygen atoms in total. The van der Waals surface area contributed by atoms with E-state index < -0.39 is 12.2 Å². The van der Waals surface area contributed by atoms with Crippen LogP contribution in [-0.2, 0) is 11.3 Å². The first-order valence-electron chi connectivity index (χ1n) is 7.44. The maximum Gasteiger partial charge on any atom is 0.109 e. The van der Waals surface area contributed by atoms with E-state index in [-0.39, 0.29) is 0 Å². The van der Waals surface area contributed by atoms with E-state index in [2.05, 4.69) is 17.3 Å². The molecule has 0 radical (unpaired) electrons. The Labute approximate surface area is 128 Å². The maximum absolute atomic E-state index is 10.2. The fourth-order valence-corrected chi connectivity index (χ4v) is 3.56. The van der Waals surface area contributed by atoms with Crippen molar-refractivity contribution in [3.8, 4) is 0 Å². The second-order valence-corrected chi connectivity index (χ2v) is 5.77. The summed E-state index contributed by atoms with van der Waals surface area (Å²) in [4.78, 5) is 4.93. The Balaban J connectivity index is 1.96. The van der Waals surface area contributed by atoms with E-state index in [0.717, 1.165) is 40.6 Å². The lowest BCUT2D eigenvalue weighted by Crippen LogP contribution is -2.19. The molecule has 0 fully saturated rings. The highest BCUT2D eigenvalue weighted by Crippen LogP contribution is 2.37. The van der Waals surface area contributed by atoms with Crippen LogP contribution in [0.3, 0.4) is 0 Å². The molecule has 112 valence electrons. The third-order valence-electron chi connectivity index (χ3n) is 4.61. The van der Waals surface area contributed by atoms with E-state index in [1.807, 2.05) is 18.2 Å². The van der Waals surface area contributed by atoms with Crippen LogP contribution < -0.4 is 0 Å². The number of benzene rings is 2. The van der Waals surface area contributed by atoms with E-state index >= 15 is 0 Å². The summed E-state index contributed by atoms with van der Waals surface area (Å²) >= 11 is 0. The van der Waals surface area contributed by atoms with E-state index in [9.17, 15) is 10.2 Å². The number of aliphatic hydroxyl groups is 2. The van der Waals surface area contributed by atoms with Crippen LogP contribution >= 0.6 is 0 Å². The SMILES string of the molecule is CO/N=C1/CCc2c1ccc1c3c(ccc21)[C@H](O)[C@@H](O)C=C3. The zero-order valence-electron chi connectivity index (χ0n) is 12.3. The molecule has 0 amide bonds. The minimum Gasteiger partial charge on any atom is -0.399 e. The Morgan fingerprint density at radius 2 is 1.91 bits per heavy atom. The number of hydrogen-bond acceptors (Lipinski definition) is 4. The van der Waals surface area contributed by atoms with Crippen molar-refractivity contribution in [1.82, 2.24) is 0 Å². The van der Waals surface area contributed by atoms with Crippen molar-refractivity contribution in [1.29, 1.82) is 0 Å². The van der Waals surface area contributed by atoms with Crippen LogP contribution in [0.4, 0.5) is 0 Å². The van der Waals surface area contributed by atoms with Crippen molar-refractivity contribution in [2.24, 2.45) is 5.16 Å². The van der Waals surface area contributed by atoms with Gasteiger partial charge in [-0.25, -0.2) is 0 Å². The fraction of sp³-hybridized carbons (Fsp3) is 0.278. The molecule has 2 aliphatic carbocycles. The molecule has 2 aromatic carbocycles. The lowest BCUT2D eigenvalue weighted by atomic mass is 9.87. The van der Waals surface area contributed by atoms with Crippen molar-refractivity contribution in [2.75, 3.05) is 7.11 Å². The highest BCUT2D eigenvalue weighted by Gasteiger charge is 2.26. The predicted octanol–water partition coefficient (Wildman–Crippen LogP) is 2.56. The maximum atomic E-state index is 10.2. The third kappa shape index (κ3) is 1.81. The molecule has 4 rings (SSSR count). The quantitative estimate of drug-likeness (QED) is 0.795. The molecule has 22 heavy (non-hydrogen) atoms. The average Bonchev–Trinajstić information content (AvgIpc) is 2.94. The highest BCUT2D eigenvalue weighted by molar-refractivity contribution is 6.09. The van der Waals surface area contributed by atoms with Crippen LogP contribution in [0.5, 0.6) is 0 Å². The molecular formula is C18H17NO3. The Bertz CT molecular complexity index is 823. The molecule has 0 bridgehead atoms. The normalized spacial score (nSPS) is 24.6. The molecule has 2 aromatic rings. The van der Waals surface area contributed by atoms with Gasteiger partial charge in [-0.15, -0.1) is 0 Å². The molecule has 0 saturated heterocycles. The Morgan fingerprint density at radius 1 is 1.09 bits per heavy atom. The molecular weight excluding hydrogens is 278 g/mol. The molecule has 0 saturated carbocycles. The lowest BCUT2D eigenvalue weighted by molar-refractivity contribution is 0.0471. The van der Waals surface area contributed by atoms with E-state index in [1.165, 1.54) is 10.9 Å². The smallest absolute Gasteiger partial charge is 0.109 e. The zero-order valence-corrected chi connectivity index (χ0v) is 12.3. The molecule has 0 aliphatic heterocycles. The first-order valence-corrected chi connectivity index (χ1v) is 7.44. The second kappa shape index (κ2) is 4.93. The first kappa shape index (κ1) is 13.5. The van der Waals surface area contributed by atoms with Gasteiger partial charge >= 0.3 is 0 Å². The number of aryl methyl sites for hydroxylation is 1. The lowest BCUT2D eigenvalue weighted by Gasteiger charge is -2.23. The van der Waals surface area contributed by atoms with Crippen LogP contribution in [0.2, 0.25) is 0 Å². The highest BCUT2D eigenvalue weighted by atomic mass is 16.6. The molecule has 0 spiro atoms. The van der Waals surface area contributed by atoms with E-state index in [1.54, 1.807) is 13.2 Å². The minimum absolute atomic E-state index is 0.784. The summed E-state index contributed by atoms with van der Waals surface area (Å²) < 4.78 is 0. The van der Waals surface area contributed by atoms with Gasteiger partial charge < -0.3 is 15.1 Å². The van der Waals surface area contributed by atoms with Crippen molar-refractivity contribution in [3.05, 3.63) is 52.6 Å². The fourth-order valence-electron chi connectivity index (χ4n) is 3.56. The summed E-state index contributed by atoms with van der Waals surface area (Å²) in [6.07, 6.45) is 3.69. The van der Waals surface area contributed by atoms with Gasteiger partial charge in [0.25, 0.3) is 0 Å². The predicted molar refractivity (Wildman–Crippen MR) is 85.8 cm³/mol. The average molecular weight is 295 g/mol. The van der Waals surface area contributed by atoms with Gasteiger partial charge in [0.05, 0.1) is 5.71 Å². The van der Waals surface area contributed by atoms with Gasteiger partial charge in [0, 0.05) is 5.56 Å².